The third-order valence-corrected chi connectivity index (χ3v) is 9.43. The minimum Gasteiger partial charge on any atom is -0.507 e. The molecular weight excluding hydrogens is 629 g/mol. The second kappa shape index (κ2) is 13.8. The number of aromatic nitrogens is 2. The van der Waals surface area contributed by atoms with E-state index in [1.807, 2.05) is 6.07 Å². The van der Waals surface area contributed by atoms with E-state index in [0.29, 0.717) is 49.4 Å². The lowest BCUT2D eigenvalue weighted by molar-refractivity contribution is -0.132. The standard InChI is InChI=1S/C31H27Cl2N3O5S2/c1-3-4-15-41-23-13-6-18(7-14-23)26-25(27(37)19-8-11-22(40-2)12-9-19)28(38)29(39)36(26)30-34-35-31(43-30)42-17-20-5-10-21(32)16-24(20)33/h5-14,16,26,37H,3-4,15,17H2,1-2H3/b27-25-. The molecule has 1 amide bonds. The van der Waals surface area contributed by atoms with E-state index in [4.69, 9.17) is 32.7 Å². The van der Waals surface area contributed by atoms with Crippen LogP contribution >= 0.6 is 46.3 Å². The first-order chi connectivity index (χ1) is 20.8. The Kier molecular flexibility index (Phi) is 9.92. The number of Topliss-reactive ketones (excluding diaryl/α,β-unsaturated/α-hetero) is 1. The third kappa shape index (κ3) is 6.83. The van der Waals surface area contributed by atoms with E-state index in [1.54, 1.807) is 60.7 Å². The van der Waals surface area contributed by atoms with Crippen molar-refractivity contribution in [2.45, 2.75) is 35.9 Å². The van der Waals surface area contributed by atoms with Gasteiger partial charge in [-0.1, -0.05) is 77.8 Å². The van der Waals surface area contributed by atoms with E-state index in [0.717, 1.165) is 18.4 Å². The number of methoxy groups -OCH3 is 1. The van der Waals surface area contributed by atoms with E-state index in [-0.39, 0.29) is 16.5 Å². The molecule has 1 saturated heterocycles. The number of carbonyl (C=O) groups is 2. The number of aliphatic hydroxyl groups is 1. The number of hydrogen-bond acceptors (Lipinski definition) is 9. The van der Waals surface area contributed by atoms with Gasteiger partial charge in [-0.25, -0.2) is 0 Å². The fraction of sp³-hybridized carbons (Fsp3) is 0.226. The van der Waals surface area contributed by atoms with Gasteiger partial charge in [-0.2, -0.15) is 0 Å². The predicted molar refractivity (Wildman–Crippen MR) is 171 cm³/mol. The zero-order valence-electron chi connectivity index (χ0n) is 23.3. The second-order valence-corrected chi connectivity index (χ2v) is 12.6. The minimum absolute atomic E-state index is 0.0489. The van der Waals surface area contributed by atoms with Crippen molar-refractivity contribution in [1.29, 1.82) is 0 Å². The van der Waals surface area contributed by atoms with Crippen molar-refractivity contribution in [2.24, 2.45) is 0 Å². The number of unbranched alkanes of at least 4 members (excludes halogenated alkanes) is 1. The predicted octanol–water partition coefficient (Wildman–Crippen LogP) is 7.95. The number of benzene rings is 3. The molecule has 0 bridgehead atoms. The highest BCUT2D eigenvalue weighted by atomic mass is 35.5. The van der Waals surface area contributed by atoms with Crippen LogP contribution in [0.2, 0.25) is 10.0 Å². The number of ether oxygens (including phenoxy) is 2. The lowest BCUT2D eigenvalue weighted by atomic mass is 9.95. The van der Waals surface area contributed by atoms with Crippen molar-refractivity contribution in [2.75, 3.05) is 18.6 Å². The molecular formula is C31H27Cl2N3O5S2. The first kappa shape index (κ1) is 30.9. The van der Waals surface area contributed by atoms with Crippen molar-refractivity contribution in [3.05, 3.63) is 99.0 Å². The Balaban J connectivity index is 1.50. The largest absolute Gasteiger partial charge is 0.507 e. The van der Waals surface area contributed by atoms with Gasteiger partial charge in [0.15, 0.2) is 4.34 Å². The highest BCUT2D eigenvalue weighted by molar-refractivity contribution is 8.00. The first-order valence-corrected chi connectivity index (χ1v) is 15.9. The molecule has 3 aromatic carbocycles. The summed E-state index contributed by atoms with van der Waals surface area (Å²) in [5, 5.41) is 21.2. The number of amides is 1. The Hall–Kier alpha value is -3.57. The number of nitrogens with zero attached hydrogens (tertiary/aromatic N) is 3. The Labute approximate surface area is 267 Å². The van der Waals surface area contributed by atoms with Gasteiger partial charge < -0.3 is 14.6 Å². The molecule has 0 aliphatic carbocycles. The van der Waals surface area contributed by atoms with Gasteiger partial charge in [-0.3, -0.25) is 14.5 Å². The van der Waals surface area contributed by atoms with E-state index in [2.05, 4.69) is 17.1 Å². The van der Waals surface area contributed by atoms with Crippen LogP contribution in [-0.4, -0.2) is 40.7 Å². The van der Waals surface area contributed by atoms with Gasteiger partial charge in [0, 0.05) is 21.4 Å². The number of rotatable bonds is 11. The van der Waals surface area contributed by atoms with Crippen LogP contribution in [-0.2, 0) is 15.3 Å². The molecule has 1 N–H and O–H groups in total. The maximum absolute atomic E-state index is 13.5. The summed E-state index contributed by atoms with van der Waals surface area (Å²) in [5.74, 6) is -0.168. The van der Waals surface area contributed by atoms with Gasteiger partial charge in [0.2, 0.25) is 5.13 Å². The number of ketones is 1. The summed E-state index contributed by atoms with van der Waals surface area (Å²) in [4.78, 5) is 28.3. The average molecular weight is 657 g/mol. The monoisotopic (exact) mass is 655 g/mol. The Morgan fingerprint density at radius 2 is 1.74 bits per heavy atom. The van der Waals surface area contributed by atoms with Gasteiger partial charge in [0.05, 0.1) is 25.3 Å². The van der Waals surface area contributed by atoms with Crippen molar-refractivity contribution in [3.63, 3.8) is 0 Å². The summed E-state index contributed by atoms with van der Waals surface area (Å²) in [6.45, 7) is 2.67. The number of aliphatic hydroxyl groups excluding tert-OH is 1. The fourth-order valence-corrected chi connectivity index (χ4v) is 6.89. The lowest BCUT2D eigenvalue weighted by Gasteiger charge is -2.22. The Morgan fingerprint density at radius 1 is 1.02 bits per heavy atom. The van der Waals surface area contributed by atoms with Crippen molar-refractivity contribution in [3.8, 4) is 11.5 Å². The molecule has 43 heavy (non-hydrogen) atoms. The van der Waals surface area contributed by atoms with Crippen LogP contribution in [0.3, 0.4) is 0 Å². The molecule has 0 radical (unpaired) electrons. The molecule has 1 aromatic heterocycles. The summed E-state index contributed by atoms with van der Waals surface area (Å²) >= 11 is 14.9. The summed E-state index contributed by atoms with van der Waals surface area (Å²) in [5.41, 5.74) is 1.80. The van der Waals surface area contributed by atoms with Crippen LogP contribution in [0.5, 0.6) is 11.5 Å². The number of thioether (sulfide) groups is 1. The van der Waals surface area contributed by atoms with Crippen LogP contribution in [0.15, 0.2) is 76.6 Å². The van der Waals surface area contributed by atoms with Crippen molar-refractivity contribution in [1.82, 2.24) is 10.2 Å². The number of hydrogen-bond donors (Lipinski definition) is 1. The Bertz CT molecular complexity index is 1660. The number of carbonyl (C=O) groups excluding carboxylic acids is 2. The fourth-order valence-electron chi connectivity index (χ4n) is 4.47. The Morgan fingerprint density at radius 3 is 2.42 bits per heavy atom. The molecule has 5 rings (SSSR count). The zero-order valence-corrected chi connectivity index (χ0v) is 26.4. The van der Waals surface area contributed by atoms with Crippen LogP contribution in [0, 0.1) is 0 Å². The molecule has 1 atom stereocenters. The summed E-state index contributed by atoms with van der Waals surface area (Å²) in [6.07, 6.45) is 1.93. The number of anilines is 1. The van der Waals surface area contributed by atoms with Crippen molar-refractivity contribution >= 4 is 68.9 Å². The van der Waals surface area contributed by atoms with Gasteiger partial charge >= 0.3 is 5.91 Å². The molecule has 0 spiro atoms. The zero-order chi connectivity index (χ0) is 30.5. The highest BCUT2D eigenvalue weighted by Crippen LogP contribution is 2.44. The molecule has 2 heterocycles. The second-order valence-electron chi connectivity index (χ2n) is 9.54. The SMILES string of the molecule is CCCCOc1ccc(C2/C(=C(/O)c3ccc(OC)cc3)C(=O)C(=O)N2c2nnc(SCc3ccc(Cl)cc3Cl)s2)cc1. The highest BCUT2D eigenvalue weighted by Gasteiger charge is 2.48. The molecule has 4 aromatic rings. The van der Waals surface area contributed by atoms with Crippen LogP contribution in [0.1, 0.15) is 42.5 Å². The molecule has 1 fully saturated rings. The van der Waals surface area contributed by atoms with E-state index in [1.165, 1.54) is 35.1 Å². The summed E-state index contributed by atoms with van der Waals surface area (Å²) in [7, 11) is 1.54. The number of halogens is 2. The molecule has 222 valence electrons. The molecule has 1 unspecified atom stereocenters. The van der Waals surface area contributed by atoms with Crippen molar-refractivity contribution < 1.29 is 24.2 Å². The maximum Gasteiger partial charge on any atom is 0.301 e. The van der Waals surface area contributed by atoms with Gasteiger partial charge in [0.1, 0.15) is 17.3 Å². The van der Waals surface area contributed by atoms with Gasteiger partial charge in [-0.05, 0) is 66.1 Å². The average Bonchev–Trinajstić information content (AvgIpc) is 3.58. The first-order valence-electron chi connectivity index (χ1n) is 13.4. The molecule has 0 saturated carbocycles. The molecule has 1 aliphatic heterocycles. The lowest BCUT2D eigenvalue weighted by Crippen LogP contribution is -2.29. The van der Waals surface area contributed by atoms with Crippen LogP contribution < -0.4 is 14.4 Å². The summed E-state index contributed by atoms with van der Waals surface area (Å²) < 4.78 is 11.6. The summed E-state index contributed by atoms with van der Waals surface area (Å²) in [6, 6.07) is 18.1. The molecule has 12 heteroatoms. The van der Waals surface area contributed by atoms with E-state index in [9.17, 15) is 14.7 Å². The van der Waals surface area contributed by atoms with E-state index >= 15 is 0 Å². The topological polar surface area (TPSA) is 102 Å². The van der Waals surface area contributed by atoms with Crippen LogP contribution in [0.4, 0.5) is 5.13 Å². The quantitative estimate of drug-likeness (QED) is 0.0434. The molecule has 8 nitrogen and oxygen atoms in total. The smallest absolute Gasteiger partial charge is 0.301 e. The minimum atomic E-state index is -0.941. The van der Waals surface area contributed by atoms with E-state index < -0.39 is 17.7 Å². The third-order valence-electron chi connectivity index (χ3n) is 6.74. The van der Waals surface area contributed by atoms with Crippen LogP contribution in [0.25, 0.3) is 5.76 Å². The van der Waals surface area contributed by atoms with Gasteiger partial charge in [0.25, 0.3) is 5.78 Å². The normalized spacial score (nSPS) is 16.1. The van der Waals surface area contributed by atoms with Gasteiger partial charge in [-0.15, -0.1) is 10.2 Å². The maximum atomic E-state index is 13.5. The molecule has 1 aliphatic rings.